The van der Waals surface area contributed by atoms with E-state index in [4.69, 9.17) is 4.74 Å². The van der Waals surface area contributed by atoms with Gasteiger partial charge in [0.2, 0.25) is 0 Å². The Morgan fingerprint density at radius 1 is 1.03 bits per heavy atom. The minimum atomic E-state index is -0.552. The highest BCUT2D eigenvalue weighted by molar-refractivity contribution is 6.04. The van der Waals surface area contributed by atoms with Crippen molar-refractivity contribution in [3.05, 3.63) is 71.8 Å². The van der Waals surface area contributed by atoms with Crippen molar-refractivity contribution >= 4 is 28.9 Å². The zero-order chi connectivity index (χ0) is 20.9. The quantitative estimate of drug-likeness (QED) is 0.671. The van der Waals surface area contributed by atoms with Gasteiger partial charge in [0.1, 0.15) is 23.3 Å². The van der Waals surface area contributed by atoms with E-state index in [1.165, 1.54) is 12.1 Å². The van der Waals surface area contributed by atoms with Gasteiger partial charge < -0.3 is 20.3 Å². The minimum Gasteiger partial charge on any atom is -0.378 e. The highest BCUT2D eigenvalue weighted by atomic mass is 19.1. The van der Waals surface area contributed by atoms with Crippen molar-refractivity contribution in [2.45, 2.75) is 6.92 Å². The summed E-state index contributed by atoms with van der Waals surface area (Å²) in [5, 5.41) is 5.96. The van der Waals surface area contributed by atoms with Crippen molar-refractivity contribution in [2.75, 3.05) is 41.8 Å². The first-order valence-corrected chi connectivity index (χ1v) is 9.70. The third-order valence-electron chi connectivity index (χ3n) is 4.69. The highest BCUT2D eigenvalue weighted by Crippen LogP contribution is 2.22. The molecular formula is C22H22FN5O2. The zero-order valence-electron chi connectivity index (χ0n) is 16.6. The number of benzene rings is 2. The van der Waals surface area contributed by atoms with E-state index in [0.717, 1.165) is 24.6 Å². The molecule has 0 spiro atoms. The molecule has 0 unspecified atom stereocenters. The third kappa shape index (κ3) is 4.72. The number of nitrogens with zero attached hydrogens (tertiary/aromatic N) is 3. The van der Waals surface area contributed by atoms with Crippen LogP contribution in [0, 0.1) is 12.7 Å². The maximum absolute atomic E-state index is 13.8. The average molecular weight is 407 g/mol. The van der Waals surface area contributed by atoms with Gasteiger partial charge in [0.25, 0.3) is 5.91 Å². The van der Waals surface area contributed by atoms with E-state index in [0.29, 0.717) is 30.5 Å². The molecule has 1 aliphatic rings. The lowest BCUT2D eigenvalue weighted by Crippen LogP contribution is -2.36. The SMILES string of the molecule is Cc1nc(Nc2ccc(NC(=O)c3ccccc3F)cc2)cc(N2CCOCC2)n1. The molecule has 1 aromatic heterocycles. The van der Waals surface area contributed by atoms with Crippen molar-refractivity contribution in [1.29, 1.82) is 0 Å². The average Bonchev–Trinajstić information content (AvgIpc) is 2.75. The van der Waals surface area contributed by atoms with Gasteiger partial charge in [-0.1, -0.05) is 12.1 Å². The second kappa shape index (κ2) is 8.87. The maximum atomic E-state index is 13.8. The number of carbonyl (C=O) groups excluding carboxylic acids is 1. The Hall–Kier alpha value is -3.52. The van der Waals surface area contributed by atoms with Crippen LogP contribution in [0.3, 0.4) is 0 Å². The number of ether oxygens (including phenoxy) is 1. The number of anilines is 4. The summed E-state index contributed by atoms with van der Waals surface area (Å²) in [6.45, 7) is 4.83. The van der Waals surface area contributed by atoms with Crippen LogP contribution in [0.25, 0.3) is 0 Å². The Kier molecular flexibility index (Phi) is 5.85. The minimum absolute atomic E-state index is 0.00630. The van der Waals surface area contributed by atoms with E-state index in [2.05, 4.69) is 25.5 Å². The van der Waals surface area contributed by atoms with Crippen LogP contribution in [0.4, 0.5) is 27.4 Å². The van der Waals surface area contributed by atoms with Crippen molar-refractivity contribution in [3.63, 3.8) is 0 Å². The van der Waals surface area contributed by atoms with Crippen molar-refractivity contribution < 1.29 is 13.9 Å². The van der Waals surface area contributed by atoms with Gasteiger partial charge in [0.05, 0.1) is 18.8 Å². The molecule has 2 N–H and O–H groups in total. The lowest BCUT2D eigenvalue weighted by molar-refractivity contribution is 0.102. The van der Waals surface area contributed by atoms with Gasteiger partial charge in [-0.2, -0.15) is 0 Å². The molecule has 1 aliphatic heterocycles. The molecule has 3 aromatic rings. The predicted molar refractivity (Wildman–Crippen MR) is 114 cm³/mol. The van der Waals surface area contributed by atoms with Gasteiger partial charge in [0, 0.05) is 30.5 Å². The maximum Gasteiger partial charge on any atom is 0.258 e. The summed E-state index contributed by atoms with van der Waals surface area (Å²) in [5.41, 5.74) is 1.39. The summed E-state index contributed by atoms with van der Waals surface area (Å²) >= 11 is 0. The smallest absolute Gasteiger partial charge is 0.258 e. The fraction of sp³-hybridized carbons (Fsp3) is 0.227. The molecule has 30 heavy (non-hydrogen) atoms. The summed E-state index contributed by atoms with van der Waals surface area (Å²) < 4.78 is 19.2. The number of carbonyl (C=O) groups is 1. The van der Waals surface area contributed by atoms with E-state index in [1.54, 1.807) is 24.3 Å². The molecule has 1 saturated heterocycles. The van der Waals surface area contributed by atoms with Crippen LogP contribution in [0.15, 0.2) is 54.6 Å². The van der Waals surface area contributed by atoms with Gasteiger partial charge in [-0.25, -0.2) is 14.4 Å². The number of halogens is 1. The predicted octanol–water partition coefficient (Wildman–Crippen LogP) is 3.76. The summed E-state index contributed by atoms with van der Waals surface area (Å²) in [7, 11) is 0. The molecule has 1 amide bonds. The van der Waals surface area contributed by atoms with E-state index < -0.39 is 11.7 Å². The van der Waals surface area contributed by atoms with Crippen LogP contribution in [-0.2, 0) is 4.74 Å². The van der Waals surface area contributed by atoms with Gasteiger partial charge in [-0.05, 0) is 43.3 Å². The molecule has 0 saturated carbocycles. The van der Waals surface area contributed by atoms with E-state index in [1.807, 2.05) is 25.1 Å². The third-order valence-corrected chi connectivity index (χ3v) is 4.69. The summed E-state index contributed by atoms with van der Waals surface area (Å²) in [6.07, 6.45) is 0. The van der Waals surface area contributed by atoms with Gasteiger partial charge >= 0.3 is 0 Å². The molecule has 0 bridgehead atoms. The van der Waals surface area contributed by atoms with Crippen LogP contribution < -0.4 is 15.5 Å². The van der Waals surface area contributed by atoms with Crippen molar-refractivity contribution in [2.24, 2.45) is 0 Å². The number of rotatable bonds is 5. The Morgan fingerprint density at radius 3 is 2.47 bits per heavy atom. The molecule has 0 radical (unpaired) electrons. The Bertz CT molecular complexity index is 1040. The van der Waals surface area contributed by atoms with Crippen LogP contribution in [0.1, 0.15) is 16.2 Å². The number of morpholine rings is 1. The normalized spacial score (nSPS) is 13.7. The second-order valence-corrected chi connectivity index (χ2v) is 6.89. The summed E-state index contributed by atoms with van der Waals surface area (Å²) in [5.74, 6) is 1.18. The first-order chi connectivity index (χ1) is 14.6. The topological polar surface area (TPSA) is 79.4 Å². The Balaban J connectivity index is 1.44. The van der Waals surface area contributed by atoms with E-state index >= 15 is 0 Å². The largest absolute Gasteiger partial charge is 0.378 e. The molecule has 0 aliphatic carbocycles. The summed E-state index contributed by atoms with van der Waals surface area (Å²) in [6, 6.07) is 14.9. The van der Waals surface area contributed by atoms with Gasteiger partial charge in [0.15, 0.2) is 0 Å². The molecular weight excluding hydrogens is 385 g/mol. The molecule has 4 rings (SSSR count). The van der Waals surface area contributed by atoms with Crippen LogP contribution >= 0.6 is 0 Å². The molecule has 8 heteroatoms. The lowest BCUT2D eigenvalue weighted by atomic mass is 10.2. The number of amides is 1. The Labute approximate surface area is 173 Å². The molecule has 1 fully saturated rings. The monoisotopic (exact) mass is 407 g/mol. The number of aromatic nitrogens is 2. The van der Waals surface area contributed by atoms with E-state index in [9.17, 15) is 9.18 Å². The molecule has 2 heterocycles. The standard InChI is InChI=1S/C22H22FN5O2/c1-15-24-20(14-21(25-15)28-10-12-30-13-11-28)26-16-6-8-17(9-7-16)27-22(29)18-4-2-3-5-19(18)23/h2-9,14H,10-13H2,1H3,(H,27,29)(H,24,25,26). The summed E-state index contributed by atoms with van der Waals surface area (Å²) in [4.78, 5) is 23.4. The van der Waals surface area contributed by atoms with Crippen molar-refractivity contribution in [1.82, 2.24) is 9.97 Å². The van der Waals surface area contributed by atoms with Crippen LogP contribution in [-0.4, -0.2) is 42.2 Å². The molecule has 2 aromatic carbocycles. The molecule has 154 valence electrons. The van der Waals surface area contributed by atoms with Crippen LogP contribution in [0.2, 0.25) is 0 Å². The first kappa shape index (κ1) is 19.8. The number of nitrogens with one attached hydrogen (secondary N) is 2. The fourth-order valence-electron chi connectivity index (χ4n) is 3.20. The number of aryl methyl sites for hydroxylation is 1. The highest BCUT2D eigenvalue weighted by Gasteiger charge is 2.14. The van der Waals surface area contributed by atoms with Gasteiger partial charge in [-0.15, -0.1) is 0 Å². The number of hydrogen-bond acceptors (Lipinski definition) is 6. The van der Waals surface area contributed by atoms with Crippen LogP contribution in [0.5, 0.6) is 0 Å². The van der Waals surface area contributed by atoms with E-state index in [-0.39, 0.29) is 5.56 Å². The van der Waals surface area contributed by atoms with Crippen molar-refractivity contribution in [3.8, 4) is 0 Å². The molecule has 0 atom stereocenters. The number of hydrogen-bond donors (Lipinski definition) is 2. The zero-order valence-corrected chi connectivity index (χ0v) is 16.6. The fourth-order valence-corrected chi connectivity index (χ4v) is 3.20. The van der Waals surface area contributed by atoms with Gasteiger partial charge in [-0.3, -0.25) is 4.79 Å². The molecule has 7 nitrogen and oxygen atoms in total. The Morgan fingerprint density at radius 2 is 1.73 bits per heavy atom. The second-order valence-electron chi connectivity index (χ2n) is 6.89. The first-order valence-electron chi connectivity index (χ1n) is 9.70. The lowest BCUT2D eigenvalue weighted by Gasteiger charge is -2.28.